The summed E-state index contributed by atoms with van der Waals surface area (Å²) in [6.45, 7) is 3.34. The van der Waals surface area contributed by atoms with Crippen LogP contribution >= 0.6 is 0 Å². The predicted octanol–water partition coefficient (Wildman–Crippen LogP) is 2.91. The van der Waals surface area contributed by atoms with Crippen molar-refractivity contribution < 1.29 is 23.9 Å². The van der Waals surface area contributed by atoms with Gasteiger partial charge in [-0.15, -0.1) is 0 Å². The number of hydrogen-bond donors (Lipinski definition) is 2. The van der Waals surface area contributed by atoms with Gasteiger partial charge in [-0.05, 0) is 36.2 Å². The molecule has 3 amide bonds. The molecule has 1 saturated heterocycles. The van der Waals surface area contributed by atoms with Crippen molar-refractivity contribution in [2.45, 2.75) is 38.5 Å². The Morgan fingerprint density at radius 3 is 2.07 bits per heavy atom. The number of primary amides is 1. The minimum Gasteiger partial charge on any atom is -0.489 e. The summed E-state index contributed by atoms with van der Waals surface area (Å²) in [4.78, 5) is 41.5. The molecule has 0 radical (unpaired) electrons. The van der Waals surface area contributed by atoms with Crippen molar-refractivity contribution in [3.63, 3.8) is 0 Å². The number of hydrogen-bond acceptors (Lipinski definition) is 6. The Morgan fingerprint density at radius 1 is 0.854 bits per heavy atom. The number of piperazine rings is 1. The minimum absolute atomic E-state index is 0.108. The number of nitrogens with zero attached hydrogens (tertiary/aromatic N) is 2. The third-order valence-corrected chi connectivity index (χ3v) is 7.00. The maximum absolute atomic E-state index is 13.1. The Morgan fingerprint density at radius 2 is 1.46 bits per heavy atom. The van der Waals surface area contributed by atoms with Gasteiger partial charge in [0.05, 0.1) is 6.42 Å². The van der Waals surface area contributed by atoms with E-state index in [4.69, 9.17) is 15.2 Å². The first kappa shape index (κ1) is 29.6. The molecule has 3 aromatic carbocycles. The molecule has 41 heavy (non-hydrogen) atoms. The zero-order valence-corrected chi connectivity index (χ0v) is 23.5. The van der Waals surface area contributed by atoms with E-state index in [0.717, 1.165) is 29.8 Å². The van der Waals surface area contributed by atoms with Crippen LogP contribution in [0.25, 0.3) is 0 Å². The summed E-state index contributed by atoms with van der Waals surface area (Å²) in [5.74, 6) is 0.0217. The topological polar surface area (TPSA) is 114 Å². The van der Waals surface area contributed by atoms with Gasteiger partial charge in [-0.3, -0.25) is 14.4 Å². The minimum atomic E-state index is -0.981. The highest BCUT2D eigenvalue weighted by atomic mass is 16.5. The van der Waals surface area contributed by atoms with E-state index in [0.29, 0.717) is 44.2 Å². The van der Waals surface area contributed by atoms with Gasteiger partial charge in [-0.2, -0.15) is 0 Å². The number of carbonyl (C=O) groups is 3. The van der Waals surface area contributed by atoms with E-state index in [9.17, 15) is 14.4 Å². The van der Waals surface area contributed by atoms with Crippen LogP contribution in [0.4, 0.5) is 0 Å². The number of carbonyl (C=O) groups excluding carboxylic acids is 3. The number of nitrogens with one attached hydrogen (secondary N) is 1. The van der Waals surface area contributed by atoms with E-state index in [2.05, 4.69) is 10.2 Å². The number of likely N-dealkylation sites (N-methyl/N-ethyl adjacent to an activating group) is 1. The molecule has 1 heterocycles. The van der Waals surface area contributed by atoms with Crippen molar-refractivity contribution in [2.75, 3.05) is 33.2 Å². The molecule has 9 heteroatoms. The summed E-state index contributed by atoms with van der Waals surface area (Å²) >= 11 is 0. The molecule has 0 aliphatic carbocycles. The van der Waals surface area contributed by atoms with Crippen LogP contribution in [0.5, 0.6) is 11.5 Å². The highest BCUT2D eigenvalue weighted by Crippen LogP contribution is 2.28. The Labute approximate surface area is 241 Å². The molecule has 3 N–H and O–H groups in total. The van der Waals surface area contributed by atoms with Crippen molar-refractivity contribution >= 4 is 17.7 Å². The maximum atomic E-state index is 13.1. The van der Waals surface area contributed by atoms with Gasteiger partial charge in [0.1, 0.15) is 30.8 Å². The van der Waals surface area contributed by atoms with Crippen LogP contribution < -0.4 is 20.5 Å². The first-order valence-corrected chi connectivity index (χ1v) is 13.9. The Hall–Kier alpha value is -4.37. The van der Waals surface area contributed by atoms with E-state index >= 15 is 0 Å². The molecule has 1 fully saturated rings. The summed E-state index contributed by atoms with van der Waals surface area (Å²) in [5, 5.41) is 2.74. The molecule has 1 atom stereocenters. The Bertz CT molecular complexity index is 1290. The van der Waals surface area contributed by atoms with Crippen molar-refractivity contribution in [3.05, 3.63) is 95.6 Å². The standard InChI is InChI=1S/C32H38N4O5/c1-35-16-18-36(19-17-35)32(39)28(21-30(33)37)34-31(38)15-13-26-12-14-27(40-22-24-8-4-2-5-9-24)20-29(26)41-23-25-10-6-3-7-11-25/h2-12,14,20,28H,13,15-19,21-23H2,1H3,(H2,33,37)(H,34,38)/t28-/m0/s1. The van der Waals surface area contributed by atoms with Gasteiger partial charge < -0.3 is 30.3 Å². The first-order chi connectivity index (χ1) is 19.9. The molecule has 0 bridgehead atoms. The normalized spacial score (nSPS) is 14.2. The molecular formula is C32H38N4O5. The van der Waals surface area contributed by atoms with Crippen molar-refractivity contribution in [3.8, 4) is 11.5 Å². The Kier molecular flexibility index (Phi) is 10.7. The fourth-order valence-corrected chi connectivity index (χ4v) is 4.60. The van der Waals surface area contributed by atoms with Gasteiger partial charge in [0.2, 0.25) is 17.7 Å². The number of aryl methyl sites for hydroxylation is 1. The number of rotatable bonds is 13. The largest absolute Gasteiger partial charge is 0.489 e. The summed E-state index contributed by atoms with van der Waals surface area (Å²) in [6.07, 6.45) is 0.244. The predicted molar refractivity (Wildman–Crippen MR) is 156 cm³/mol. The van der Waals surface area contributed by atoms with Crippen molar-refractivity contribution in [1.29, 1.82) is 0 Å². The third-order valence-electron chi connectivity index (χ3n) is 7.00. The molecule has 4 rings (SSSR count). The van der Waals surface area contributed by atoms with Crippen LogP contribution in [-0.4, -0.2) is 66.8 Å². The van der Waals surface area contributed by atoms with E-state index < -0.39 is 11.9 Å². The average molecular weight is 559 g/mol. The fraction of sp³-hybridized carbons (Fsp3) is 0.344. The fourth-order valence-electron chi connectivity index (χ4n) is 4.60. The molecule has 0 saturated carbocycles. The highest BCUT2D eigenvalue weighted by Gasteiger charge is 2.29. The molecule has 0 spiro atoms. The summed E-state index contributed by atoms with van der Waals surface area (Å²) < 4.78 is 12.2. The lowest BCUT2D eigenvalue weighted by Gasteiger charge is -2.34. The molecule has 0 unspecified atom stereocenters. The summed E-state index contributed by atoms with van der Waals surface area (Å²) in [7, 11) is 1.99. The molecule has 1 aliphatic rings. The van der Waals surface area contributed by atoms with E-state index in [1.807, 2.05) is 85.9 Å². The van der Waals surface area contributed by atoms with Crippen molar-refractivity contribution in [2.24, 2.45) is 5.73 Å². The second kappa shape index (κ2) is 14.9. The zero-order valence-electron chi connectivity index (χ0n) is 23.5. The average Bonchev–Trinajstić information content (AvgIpc) is 2.99. The lowest BCUT2D eigenvalue weighted by Crippen LogP contribution is -2.55. The van der Waals surface area contributed by atoms with E-state index in [1.165, 1.54) is 0 Å². The highest BCUT2D eigenvalue weighted by molar-refractivity contribution is 5.91. The molecular weight excluding hydrogens is 520 g/mol. The summed E-state index contributed by atoms with van der Waals surface area (Å²) in [6, 6.07) is 24.3. The van der Waals surface area contributed by atoms with Gasteiger partial charge in [0, 0.05) is 38.7 Å². The maximum Gasteiger partial charge on any atom is 0.245 e. The second-order valence-electron chi connectivity index (χ2n) is 10.2. The SMILES string of the molecule is CN1CCN(C(=O)[C@H](CC(N)=O)NC(=O)CCc2ccc(OCc3ccccc3)cc2OCc2ccccc2)CC1. The quantitative estimate of drug-likeness (QED) is 0.334. The smallest absolute Gasteiger partial charge is 0.245 e. The lowest BCUT2D eigenvalue weighted by molar-refractivity contribution is -0.139. The summed E-state index contributed by atoms with van der Waals surface area (Å²) in [5.41, 5.74) is 8.31. The van der Waals surface area contributed by atoms with Gasteiger partial charge in [0.15, 0.2) is 0 Å². The molecule has 0 aromatic heterocycles. The van der Waals surface area contributed by atoms with Crippen LogP contribution in [0.3, 0.4) is 0 Å². The number of ether oxygens (including phenoxy) is 2. The second-order valence-corrected chi connectivity index (χ2v) is 10.2. The van der Waals surface area contributed by atoms with Crippen LogP contribution in [0.2, 0.25) is 0 Å². The number of nitrogens with two attached hydrogens (primary N) is 1. The van der Waals surface area contributed by atoms with Crippen LogP contribution in [-0.2, 0) is 34.0 Å². The number of benzene rings is 3. The number of amides is 3. The molecule has 9 nitrogen and oxygen atoms in total. The lowest BCUT2D eigenvalue weighted by atomic mass is 10.1. The van der Waals surface area contributed by atoms with E-state index in [-0.39, 0.29) is 24.7 Å². The van der Waals surface area contributed by atoms with E-state index in [1.54, 1.807) is 4.90 Å². The van der Waals surface area contributed by atoms with Gasteiger partial charge in [-0.25, -0.2) is 0 Å². The van der Waals surface area contributed by atoms with Crippen LogP contribution in [0, 0.1) is 0 Å². The molecule has 1 aliphatic heterocycles. The first-order valence-electron chi connectivity index (χ1n) is 13.9. The molecule has 3 aromatic rings. The van der Waals surface area contributed by atoms with Gasteiger partial charge >= 0.3 is 0 Å². The molecule has 216 valence electrons. The van der Waals surface area contributed by atoms with Gasteiger partial charge in [-0.1, -0.05) is 66.7 Å². The third kappa shape index (κ3) is 9.36. The van der Waals surface area contributed by atoms with Crippen molar-refractivity contribution in [1.82, 2.24) is 15.1 Å². The zero-order chi connectivity index (χ0) is 29.0. The monoisotopic (exact) mass is 558 g/mol. The Balaban J connectivity index is 1.41. The van der Waals surface area contributed by atoms with Gasteiger partial charge in [0.25, 0.3) is 0 Å². The van der Waals surface area contributed by atoms with Crippen LogP contribution in [0.15, 0.2) is 78.9 Å². The van der Waals surface area contributed by atoms with Crippen LogP contribution in [0.1, 0.15) is 29.5 Å².